The summed E-state index contributed by atoms with van der Waals surface area (Å²) in [6.45, 7) is 5.38. The normalized spacial score (nSPS) is 18.6. The number of hydrogen-bond acceptors (Lipinski definition) is 4. The fourth-order valence-electron chi connectivity index (χ4n) is 2.57. The summed E-state index contributed by atoms with van der Waals surface area (Å²) in [5.74, 6) is 0.387. The van der Waals surface area contributed by atoms with E-state index in [1.807, 2.05) is 6.07 Å². The Morgan fingerprint density at radius 1 is 1.53 bits per heavy atom. The van der Waals surface area contributed by atoms with Gasteiger partial charge in [0.15, 0.2) is 5.78 Å². The van der Waals surface area contributed by atoms with Crippen molar-refractivity contribution in [1.82, 2.24) is 0 Å². The van der Waals surface area contributed by atoms with Gasteiger partial charge in [0.1, 0.15) is 0 Å². The Bertz CT molecular complexity index is 513. The highest BCUT2D eigenvalue weighted by molar-refractivity contribution is 5.98. The quantitative estimate of drug-likeness (QED) is 0.475. The number of benzene rings is 1. The zero-order chi connectivity index (χ0) is 14.0. The fourth-order valence-corrected chi connectivity index (χ4v) is 2.57. The fraction of sp³-hybridized carbons (Fsp3) is 0.500. The lowest BCUT2D eigenvalue weighted by atomic mass is 10.1. The molecule has 1 aromatic carbocycles. The van der Waals surface area contributed by atoms with Gasteiger partial charge in [-0.3, -0.25) is 14.9 Å². The second-order valence-electron chi connectivity index (χ2n) is 5.02. The van der Waals surface area contributed by atoms with E-state index in [0.717, 1.165) is 31.6 Å². The molecular weight excluding hydrogens is 244 g/mol. The maximum Gasteiger partial charge on any atom is 0.282 e. The number of nitrogens with zero attached hydrogens (tertiary/aromatic N) is 2. The van der Waals surface area contributed by atoms with Crippen molar-refractivity contribution >= 4 is 17.2 Å². The molecule has 1 unspecified atom stereocenters. The lowest BCUT2D eigenvalue weighted by Gasteiger charge is -2.18. The number of hydrogen-bond donors (Lipinski definition) is 0. The molecule has 1 heterocycles. The minimum Gasteiger partial charge on any atom is -0.371 e. The van der Waals surface area contributed by atoms with Gasteiger partial charge < -0.3 is 4.90 Å². The standard InChI is InChI=1S/C14H18N2O3/c1-3-11-6-7-15(9-11)12-4-5-13(10(2)17)14(8-12)16(18)19/h4-5,8,11H,3,6-7,9H2,1-2H3. The predicted octanol–water partition coefficient (Wildman–Crippen LogP) is 3.03. The first-order chi connectivity index (χ1) is 9.02. The molecule has 1 aromatic rings. The Balaban J connectivity index is 2.31. The number of nitro benzene ring substituents is 1. The van der Waals surface area contributed by atoms with Gasteiger partial charge in [0.05, 0.1) is 10.5 Å². The van der Waals surface area contributed by atoms with Crippen molar-refractivity contribution in [1.29, 1.82) is 0 Å². The molecular formula is C14H18N2O3. The third-order valence-electron chi connectivity index (χ3n) is 3.79. The molecule has 0 spiro atoms. The molecule has 0 amide bonds. The second-order valence-corrected chi connectivity index (χ2v) is 5.02. The second kappa shape index (κ2) is 5.38. The number of nitro groups is 1. The monoisotopic (exact) mass is 262 g/mol. The summed E-state index contributed by atoms with van der Waals surface area (Å²) in [4.78, 5) is 24.1. The molecule has 0 aromatic heterocycles. The van der Waals surface area contributed by atoms with Crippen LogP contribution in [0.1, 0.15) is 37.0 Å². The maximum atomic E-state index is 11.4. The van der Waals surface area contributed by atoms with Crippen molar-refractivity contribution in [2.24, 2.45) is 5.92 Å². The number of carbonyl (C=O) groups excluding carboxylic acids is 1. The molecule has 5 heteroatoms. The summed E-state index contributed by atoms with van der Waals surface area (Å²) >= 11 is 0. The van der Waals surface area contributed by atoms with Gasteiger partial charge in [-0.25, -0.2) is 0 Å². The Morgan fingerprint density at radius 3 is 2.79 bits per heavy atom. The zero-order valence-electron chi connectivity index (χ0n) is 11.3. The van der Waals surface area contributed by atoms with Gasteiger partial charge in [0.25, 0.3) is 5.69 Å². The van der Waals surface area contributed by atoms with Crippen LogP contribution >= 0.6 is 0 Å². The van der Waals surface area contributed by atoms with E-state index in [0.29, 0.717) is 5.92 Å². The SMILES string of the molecule is CCC1CCN(c2ccc(C(C)=O)c([N+](=O)[O-])c2)C1. The topological polar surface area (TPSA) is 63.5 Å². The van der Waals surface area contributed by atoms with Crippen LogP contribution in [0.2, 0.25) is 0 Å². The molecule has 102 valence electrons. The van der Waals surface area contributed by atoms with Crippen LogP contribution in [0.25, 0.3) is 0 Å². The van der Waals surface area contributed by atoms with Crippen LogP contribution in [0.3, 0.4) is 0 Å². The highest BCUT2D eigenvalue weighted by Crippen LogP contribution is 2.30. The van der Waals surface area contributed by atoms with Crippen molar-refractivity contribution in [2.75, 3.05) is 18.0 Å². The Hall–Kier alpha value is -1.91. The first kappa shape index (κ1) is 13.5. The van der Waals surface area contributed by atoms with E-state index in [1.165, 1.54) is 13.0 Å². The number of rotatable bonds is 4. The van der Waals surface area contributed by atoms with E-state index >= 15 is 0 Å². The van der Waals surface area contributed by atoms with Crippen LogP contribution in [-0.4, -0.2) is 23.8 Å². The first-order valence-electron chi connectivity index (χ1n) is 6.57. The van der Waals surface area contributed by atoms with Gasteiger partial charge in [0, 0.05) is 24.8 Å². The Kier molecular flexibility index (Phi) is 3.83. The molecule has 0 saturated carbocycles. The van der Waals surface area contributed by atoms with E-state index in [2.05, 4.69) is 11.8 Å². The average molecular weight is 262 g/mol. The lowest BCUT2D eigenvalue weighted by molar-refractivity contribution is -0.385. The van der Waals surface area contributed by atoms with E-state index in [4.69, 9.17) is 0 Å². The first-order valence-corrected chi connectivity index (χ1v) is 6.57. The number of carbonyl (C=O) groups is 1. The van der Waals surface area contributed by atoms with Crippen LogP contribution in [0.5, 0.6) is 0 Å². The number of ketones is 1. The summed E-state index contributed by atoms with van der Waals surface area (Å²) in [6.07, 6.45) is 2.25. The van der Waals surface area contributed by atoms with E-state index in [-0.39, 0.29) is 17.0 Å². The summed E-state index contributed by atoms with van der Waals surface area (Å²) in [5.41, 5.74) is 0.928. The van der Waals surface area contributed by atoms with Gasteiger partial charge in [-0.2, -0.15) is 0 Å². The zero-order valence-corrected chi connectivity index (χ0v) is 11.3. The summed E-state index contributed by atoms with van der Waals surface area (Å²) < 4.78 is 0. The van der Waals surface area contributed by atoms with Gasteiger partial charge >= 0.3 is 0 Å². The number of Topliss-reactive ketones (excluding diaryl/α,β-unsaturated/α-hetero) is 1. The molecule has 2 rings (SSSR count). The van der Waals surface area contributed by atoms with Crippen LogP contribution in [0.15, 0.2) is 18.2 Å². The molecule has 1 fully saturated rings. The van der Waals surface area contributed by atoms with Crippen molar-refractivity contribution in [2.45, 2.75) is 26.7 Å². The van der Waals surface area contributed by atoms with Crippen LogP contribution in [0.4, 0.5) is 11.4 Å². The third kappa shape index (κ3) is 2.75. The van der Waals surface area contributed by atoms with Crippen molar-refractivity contribution in [3.05, 3.63) is 33.9 Å². The molecule has 5 nitrogen and oxygen atoms in total. The Morgan fingerprint density at radius 2 is 2.26 bits per heavy atom. The van der Waals surface area contributed by atoms with Crippen molar-refractivity contribution in [3.63, 3.8) is 0 Å². The molecule has 0 radical (unpaired) electrons. The van der Waals surface area contributed by atoms with E-state index in [9.17, 15) is 14.9 Å². The molecule has 0 N–H and O–H groups in total. The summed E-state index contributed by atoms with van der Waals surface area (Å²) in [5, 5.41) is 11.0. The highest BCUT2D eigenvalue weighted by Gasteiger charge is 2.24. The summed E-state index contributed by atoms with van der Waals surface area (Å²) in [7, 11) is 0. The molecule has 1 atom stereocenters. The van der Waals surface area contributed by atoms with Gasteiger partial charge in [-0.1, -0.05) is 13.3 Å². The largest absolute Gasteiger partial charge is 0.371 e. The molecule has 0 bridgehead atoms. The van der Waals surface area contributed by atoms with Gasteiger partial charge in [-0.05, 0) is 31.4 Å². The maximum absolute atomic E-state index is 11.4. The molecule has 1 aliphatic heterocycles. The molecule has 1 saturated heterocycles. The minimum absolute atomic E-state index is 0.0926. The summed E-state index contributed by atoms with van der Waals surface area (Å²) in [6, 6.07) is 4.89. The van der Waals surface area contributed by atoms with Crippen molar-refractivity contribution < 1.29 is 9.72 Å². The van der Waals surface area contributed by atoms with E-state index < -0.39 is 4.92 Å². The molecule has 0 aliphatic carbocycles. The van der Waals surface area contributed by atoms with Gasteiger partial charge in [-0.15, -0.1) is 0 Å². The lowest BCUT2D eigenvalue weighted by Crippen LogP contribution is -2.19. The third-order valence-corrected chi connectivity index (χ3v) is 3.79. The predicted molar refractivity (Wildman–Crippen MR) is 73.7 cm³/mol. The average Bonchev–Trinajstić information content (AvgIpc) is 2.86. The van der Waals surface area contributed by atoms with E-state index in [1.54, 1.807) is 6.07 Å². The van der Waals surface area contributed by atoms with Gasteiger partial charge in [0.2, 0.25) is 0 Å². The molecule has 19 heavy (non-hydrogen) atoms. The van der Waals surface area contributed by atoms with Crippen LogP contribution in [-0.2, 0) is 0 Å². The minimum atomic E-state index is -0.479. The highest BCUT2D eigenvalue weighted by atomic mass is 16.6. The number of anilines is 1. The smallest absolute Gasteiger partial charge is 0.282 e. The van der Waals surface area contributed by atoms with Crippen LogP contribution in [0, 0.1) is 16.0 Å². The van der Waals surface area contributed by atoms with Crippen molar-refractivity contribution in [3.8, 4) is 0 Å². The van der Waals surface area contributed by atoms with Crippen LogP contribution < -0.4 is 4.90 Å². The molecule has 1 aliphatic rings. The Labute approximate surface area is 112 Å².